The van der Waals surface area contributed by atoms with E-state index in [9.17, 15) is 8.42 Å². The van der Waals surface area contributed by atoms with E-state index >= 15 is 0 Å². The molecule has 194 valence electrons. The van der Waals surface area contributed by atoms with Crippen LogP contribution in [-0.4, -0.2) is 71.1 Å². The second kappa shape index (κ2) is 9.51. The molecule has 0 aliphatic carbocycles. The normalized spacial score (nSPS) is 19.2. The highest BCUT2D eigenvalue weighted by molar-refractivity contribution is 7.89. The highest BCUT2D eigenvalue weighted by Crippen LogP contribution is 2.33. The number of aromatic amines is 1. The van der Waals surface area contributed by atoms with Crippen molar-refractivity contribution in [2.24, 2.45) is 0 Å². The van der Waals surface area contributed by atoms with Crippen LogP contribution >= 0.6 is 0 Å². The Morgan fingerprint density at radius 2 is 1.95 bits per heavy atom. The minimum Gasteiger partial charge on any atom is -0.369 e. The molecule has 3 aromatic heterocycles. The van der Waals surface area contributed by atoms with E-state index in [0.717, 1.165) is 62.3 Å². The van der Waals surface area contributed by atoms with Crippen molar-refractivity contribution in [1.82, 2.24) is 40.0 Å². The lowest BCUT2D eigenvalue weighted by Gasteiger charge is -2.25. The van der Waals surface area contributed by atoms with Gasteiger partial charge in [0.1, 0.15) is 11.2 Å². The van der Waals surface area contributed by atoms with Crippen molar-refractivity contribution >= 4 is 26.9 Å². The smallest absolute Gasteiger partial charge is 0.240 e. The third-order valence-corrected chi connectivity index (χ3v) is 8.89. The number of H-pyrrole nitrogens is 1. The molecule has 2 aliphatic rings. The van der Waals surface area contributed by atoms with E-state index in [1.807, 2.05) is 23.1 Å². The molecular formula is C25H31N9O2S. The number of fused-ring (bicyclic) bond motifs is 1. The topological polar surface area (TPSA) is 134 Å². The average Bonchev–Trinajstić information content (AvgIpc) is 3.68. The van der Waals surface area contributed by atoms with Gasteiger partial charge in [-0.2, -0.15) is 0 Å². The van der Waals surface area contributed by atoms with Crippen LogP contribution in [0.4, 0.5) is 5.69 Å². The molecule has 2 aliphatic heterocycles. The van der Waals surface area contributed by atoms with Crippen molar-refractivity contribution in [3.05, 3.63) is 36.8 Å². The molecule has 11 nitrogen and oxygen atoms in total. The van der Waals surface area contributed by atoms with Gasteiger partial charge < -0.3 is 15.2 Å². The molecule has 0 unspecified atom stereocenters. The quantitative estimate of drug-likeness (QED) is 0.353. The van der Waals surface area contributed by atoms with Crippen LogP contribution in [0.1, 0.15) is 38.6 Å². The van der Waals surface area contributed by atoms with Crippen LogP contribution in [0.5, 0.6) is 0 Å². The highest BCUT2D eigenvalue weighted by Gasteiger charge is 2.24. The van der Waals surface area contributed by atoms with Crippen LogP contribution in [0.3, 0.4) is 0 Å². The number of nitrogens with one attached hydrogen (secondary N) is 3. The van der Waals surface area contributed by atoms with Gasteiger partial charge in [-0.15, -0.1) is 5.10 Å². The van der Waals surface area contributed by atoms with Gasteiger partial charge >= 0.3 is 0 Å². The van der Waals surface area contributed by atoms with Gasteiger partial charge in [0, 0.05) is 35.6 Å². The molecular weight excluding hydrogens is 490 g/mol. The van der Waals surface area contributed by atoms with Gasteiger partial charge in [0.2, 0.25) is 10.0 Å². The summed E-state index contributed by atoms with van der Waals surface area (Å²) in [5.41, 5.74) is 5.03. The molecule has 2 fully saturated rings. The van der Waals surface area contributed by atoms with E-state index in [1.54, 1.807) is 18.3 Å². The predicted octanol–water partition coefficient (Wildman–Crippen LogP) is 2.70. The predicted molar refractivity (Wildman–Crippen MR) is 142 cm³/mol. The first-order valence-electron chi connectivity index (χ1n) is 12.8. The van der Waals surface area contributed by atoms with E-state index in [-0.39, 0.29) is 4.90 Å². The van der Waals surface area contributed by atoms with E-state index in [1.165, 1.54) is 7.05 Å². The summed E-state index contributed by atoms with van der Waals surface area (Å²) >= 11 is 0. The minimum atomic E-state index is -3.65. The maximum absolute atomic E-state index is 12.8. The maximum atomic E-state index is 12.8. The van der Waals surface area contributed by atoms with Crippen LogP contribution in [0.25, 0.3) is 33.7 Å². The molecule has 0 radical (unpaired) electrons. The SMILES string of the molecule is CNS(=O)(=O)c1cc(-c2cnc3[nH]cc(-c4cn(C5CCNCC5)nn4)c3n2)cc(N2CCC[C@H]2C)c1. The molecule has 5 heterocycles. The molecule has 1 aromatic carbocycles. The Balaban J connectivity index is 1.42. The number of nitrogens with zero attached hydrogens (tertiary/aromatic N) is 6. The van der Waals surface area contributed by atoms with Crippen LogP contribution in [-0.2, 0) is 10.0 Å². The van der Waals surface area contributed by atoms with Gasteiger partial charge in [0.15, 0.2) is 5.65 Å². The molecule has 1 atom stereocenters. The van der Waals surface area contributed by atoms with Gasteiger partial charge in [-0.25, -0.2) is 27.8 Å². The van der Waals surface area contributed by atoms with Crippen molar-refractivity contribution in [2.75, 3.05) is 31.6 Å². The fourth-order valence-corrected chi connectivity index (χ4v) is 6.16. The Bertz CT molecular complexity index is 1540. The van der Waals surface area contributed by atoms with Gasteiger partial charge in [-0.05, 0) is 70.9 Å². The van der Waals surface area contributed by atoms with Crippen LogP contribution in [0, 0.1) is 0 Å². The number of piperidine rings is 1. The van der Waals surface area contributed by atoms with Crippen molar-refractivity contribution in [3.8, 4) is 22.5 Å². The lowest BCUT2D eigenvalue weighted by Crippen LogP contribution is -2.29. The summed E-state index contributed by atoms with van der Waals surface area (Å²) in [6, 6.07) is 6.08. The number of aromatic nitrogens is 6. The Labute approximate surface area is 215 Å². The first-order valence-corrected chi connectivity index (χ1v) is 14.2. The van der Waals surface area contributed by atoms with Crippen molar-refractivity contribution in [2.45, 2.75) is 49.6 Å². The number of benzene rings is 1. The summed E-state index contributed by atoms with van der Waals surface area (Å²) < 4.78 is 30.0. The van der Waals surface area contributed by atoms with Gasteiger partial charge in [0.05, 0.1) is 29.0 Å². The summed E-state index contributed by atoms with van der Waals surface area (Å²) in [4.78, 5) is 15.2. The Kier molecular flexibility index (Phi) is 6.17. The molecule has 0 spiro atoms. The van der Waals surface area contributed by atoms with Crippen LogP contribution in [0.15, 0.2) is 41.7 Å². The van der Waals surface area contributed by atoms with Crippen molar-refractivity contribution in [3.63, 3.8) is 0 Å². The van der Waals surface area contributed by atoms with E-state index < -0.39 is 10.0 Å². The zero-order valence-corrected chi connectivity index (χ0v) is 21.8. The maximum Gasteiger partial charge on any atom is 0.240 e. The highest BCUT2D eigenvalue weighted by atomic mass is 32.2. The Morgan fingerprint density at radius 3 is 2.70 bits per heavy atom. The van der Waals surface area contributed by atoms with Gasteiger partial charge in [-0.3, -0.25) is 0 Å². The molecule has 37 heavy (non-hydrogen) atoms. The third kappa shape index (κ3) is 4.49. The van der Waals surface area contributed by atoms with Crippen molar-refractivity contribution in [1.29, 1.82) is 0 Å². The van der Waals surface area contributed by atoms with Crippen LogP contribution < -0.4 is 14.9 Å². The first-order chi connectivity index (χ1) is 17.9. The van der Waals surface area contributed by atoms with E-state index in [0.29, 0.717) is 34.5 Å². The molecule has 12 heteroatoms. The summed E-state index contributed by atoms with van der Waals surface area (Å²) in [7, 11) is -2.22. The Morgan fingerprint density at radius 1 is 1.11 bits per heavy atom. The van der Waals surface area contributed by atoms with Crippen molar-refractivity contribution < 1.29 is 8.42 Å². The number of sulfonamides is 1. The molecule has 0 bridgehead atoms. The molecule has 0 amide bonds. The number of hydrogen-bond donors (Lipinski definition) is 3. The van der Waals surface area contributed by atoms with Gasteiger partial charge in [-0.1, -0.05) is 5.21 Å². The van der Waals surface area contributed by atoms with Gasteiger partial charge in [0.25, 0.3) is 0 Å². The lowest BCUT2D eigenvalue weighted by atomic mass is 10.1. The standard InChI is InChI=1S/C25H31N9O2S/c1-16-4-3-9-33(16)19-10-17(11-20(12-19)37(35,36)26-2)22-14-29-25-24(30-22)21(13-28-25)23-15-34(32-31-23)18-5-7-27-8-6-18/h10-16,18,26-27H,3-9H2,1-2H3,(H,28,29)/t16-/m1/s1. The van der Waals surface area contributed by atoms with E-state index in [4.69, 9.17) is 4.98 Å². The Hall–Kier alpha value is -3.35. The molecule has 6 rings (SSSR count). The molecule has 2 saturated heterocycles. The fraction of sp³-hybridized carbons (Fsp3) is 0.440. The monoisotopic (exact) mass is 521 g/mol. The number of anilines is 1. The fourth-order valence-electron chi connectivity index (χ4n) is 5.36. The summed E-state index contributed by atoms with van der Waals surface area (Å²) in [6.07, 6.45) is 9.70. The van der Waals surface area contributed by atoms with E-state index in [2.05, 4.69) is 42.1 Å². The molecule has 0 saturated carbocycles. The molecule has 4 aromatic rings. The number of hydrogen-bond acceptors (Lipinski definition) is 8. The second-order valence-electron chi connectivity index (χ2n) is 9.83. The zero-order valence-electron chi connectivity index (χ0n) is 21.0. The second-order valence-corrected chi connectivity index (χ2v) is 11.7. The third-order valence-electron chi connectivity index (χ3n) is 7.50. The summed E-state index contributed by atoms with van der Waals surface area (Å²) in [6.45, 7) is 5.01. The lowest BCUT2D eigenvalue weighted by molar-refractivity contribution is 0.337. The first kappa shape index (κ1) is 24.0. The summed E-state index contributed by atoms with van der Waals surface area (Å²) in [5.74, 6) is 0. The number of rotatable bonds is 6. The van der Waals surface area contributed by atoms with Crippen LogP contribution in [0.2, 0.25) is 0 Å². The molecule has 3 N–H and O–H groups in total. The summed E-state index contributed by atoms with van der Waals surface area (Å²) in [5, 5.41) is 12.2. The largest absolute Gasteiger partial charge is 0.369 e. The average molecular weight is 522 g/mol. The zero-order chi connectivity index (χ0) is 25.6. The minimum absolute atomic E-state index is 0.211.